The Labute approximate surface area is 288 Å². The summed E-state index contributed by atoms with van der Waals surface area (Å²) >= 11 is 0. The average Bonchev–Trinajstić information content (AvgIpc) is 3.56. The summed E-state index contributed by atoms with van der Waals surface area (Å²) in [4.78, 5) is 0. The Kier molecular flexibility index (Phi) is 11.3. The first-order chi connectivity index (χ1) is 22.0. The zero-order valence-electron chi connectivity index (χ0n) is 31.7. The van der Waals surface area contributed by atoms with Crippen LogP contribution in [0.1, 0.15) is 153 Å². The number of rotatable bonds is 7. The first kappa shape index (κ1) is 36.7. The van der Waals surface area contributed by atoms with Crippen molar-refractivity contribution in [2.45, 2.75) is 136 Å². The maximum absolute atomic E-state index is 3.83. The van der Waals surface area contributed by atoms with Crippen LogP contribution in [0.3, 0.4) is 0 Å². The second-order valence-electron chi connectivity index (χ2n) is 17.0. The van der Waals surface area contributed by atoms with Crippen LogP contribution < -0.4 is 5.32 Å². The number of benzene rings is 4. The van der Waals surface area contributed by atoms with Crippen molar-refractivity contribution in [3.05, 3.63) is 142 Å². The lowest BCUT2D eigenvalue weighted by atomic mass is 9.75. The minimum absolute atomic E-state index is 0.0611. The van der Waals surface area contributed by atoms with Gasteiger partial charge in [0.05, 0.1) is 0 Å². The van der Waals surface area contributed by atoms with E-state index in [1.807, 2.05) is 0 Å². The Bertz CT molecular complexity index is 1420. The van der Waals surface area contributed by atoms with Crippen LogP contribution in [0.15, 0.2) is 97.1 Å². The van der Waals surface area contributed by atoms with Gasteiger partial charge in [0.15, 0.2) is 0 Å². The van der Waals surface area contributed by atoms with Crippen molar-refractivity contribution in [3.8, 4) is 0 Å². The van der Waals surface area contributed by atoms with E-state index in [0.29, 0.717) is 12.0 Å². The normalized spacial score (nSPS) is 15.8. The highest BCUT2D eigenvalue weighted by molar-refractivity contribution is 5.45. The Morgan fingerprint density at radius 2 is 0.766 bits per heavy atom. The second kappa shape index (κ2) is 14.5. The summed E-state index contributed by atoms with van der Waals surface area (Å²) in [5, 5.41) is 3.83. The fourth-order valence-corrected chi connectivity index (χ4v) is 6.97. The third-order valence-electron chi connectivity index (χ3n) is 10.4. The third kappa shape index (κ3) is 8.47. The van der Waals surface area contributed by atoms with E-state index in [0.717, 1.165) is 6.54 Å². The van der Waals surface area contributed by atoms with Gasteiger partial charge in [-0.25, -0.2) is 0 Å². The molecule has 1 unspecified atom stereocenters. The molecule has 1 aliphatic rings. The first-order valence-electron chi connectivity index (χ1n) is 18.2. The molecule has 0 aliphatic carbocycles. The van der Waals surface area contributed by atoms with Gasteiger partial charge in [0.1, 0.15) is 0 Å². The van der Waals surface area contributed by atoms with Gasteiger partial charge in [0.2, 0.25) is 0 Å². The highest BCUT2D eigenvalue weighted by Crippen LogP contribution is 2.38. The average molecular weight is 630 g/mol. The van der Waals surface area contributed by atoms with E-state index in [2.05, 4.69) is 185 Å². The van der Waals surface area contributed by atoms with Crippen LogP contribution in [0.2, 0.25) is 0 Å². The van der Waals surface area contributed by atoms with E-state index in [1.165, 1.54) is 63.8 Å². The van der Waals surface area contributed by atoms with Gasteiger partial charge < -0.3 is 5.32 Å². The van der Waals surface area contributed by atoms with Crippen LogP contribution in [0.25, 0.3) is 0 Å². The molecule has 0 amide bonds. The summed E-state index contributed by atoms with van der Waals surface area (Å²) in [6, 6.07) is 38.0. The summed E-state index contributed by atoms with van der Waals surface area (Å²) in [6.07, 6.45) is 3.71. The van der Waals surface area contributed by atoms with Crippen molar-refractivity contribution < 1.29 is 0 Å². The van der Waals surface area contributed by atoms with Gasteiger partial charge >= 0.3 is 0 Å². The summed E-state index contributed by atoms with van der Waals surface area (Å²) in [5.74, 6) is 0.337. The minimum atomic E-state index is -0.0611. The van der Waals surface area contributed by atoms with E-state index >= 15 is 0 Å². The molecular formula is C46H63N. The molecule has 1 saturated heterocycles. The molecule has 1 heterocycles. The van der Waals surface area contributed by atoms with Gasteiger partial charge in [-0.1, -0.05) is 187 Å². The van der Waals surface area contributed by atoms with E-state index in [4.69, 9.17) is 0 Å². The lowest BCUT2D eigenvalue weighted by molar-refractivity contribution is 0.539. The summed E-state index contributed by atoms with van der Waals surface area (Å²) < 4.78 is 0. The Balaban J connectivity index is 0.00000160. The van der Waals surface area contributed by atoms with Crippen LogP contribution in [0.5, 0.6) is 0 Å². The topological polar surface area (TPSA) is 12.0 Å². The molecule has 0 aromatic heterocycles. The molecule has 47 heavy (non-hydrogen) atoms. The predicted molar refractivity (Wildman–Crippen MR) is 206 cm³/mol. The van der Waals surface area contributed by atoms with Crippen LogP contribution in [0, 0.1) is 0 Å². The molecule has 1 aliphatic heterocycles. The smallest absolute Gasteiger partial charge is 0.0243 e. The summed E-state index contributed by atoms with van der Waals surface area (Å²) in [6.45, 7) is 28.4. The van der Waals surface area contributed by atoms with Gasteiger partial charge in [0.25, 0.3) is 0 Å². The van der Waals surface area contributed by atoms with Crippen molar-refractivity contribution in [3.63, 3.8) is 0 Å². The predicted octanol–water partition coefficient (Wildman–Crippen LogP) is 12.2. The first-order valence-corrected chi connectivity index (χ1v) is 18.2. The molecule has 252 valence electrons. The Hall–Kier alpha value is -3.16. The van der Waals surface area contributed by atoms with Gasteiger partial charge in [-0.3, -0.25) is 0 Å². The number of nitrogens with one attached hydrogen (secondary N) is 1. The monoisotopic (exact) mass is 629 g/mol. The number of hydrogen-bond acceptors (Lipinski definition) is 1. The van der Waals surface area contributed by atoms with Crippen LogP contribution in [-0.2, 0) is 21.7 Å². The van der Waals surface area contributed by atoms with Crippen molar-refractivity contribution >= 4 is 0 Å². The van der Waals surface area contributed by atoms with Crippen molar-refractivity contribution in [2.75, 3.05) is 6.54 Å². The molecule has 1 nitrogen and oxygen atoms in total. The van der Waals surface area contributed by atoms with E-state index in [-0.39, 0.29) is 21.7 Å². The van der Waals surface area contributed by atoms with Crippen LogP contribution in [-0.4, -0.2) is 12.6 Å². The minimum Gasteiger partial charge on any atom is -0.313 e. The molecule has 1 N–H and O–H groups in total. The van der Waals surface area contributed by atoms with Crippen LogP contribution in [0.4, 0.5) is 0 Å². The van der Waals surface area contributed by atoms with Gasteiger partial charge in [-0.2, -0.15) is 0 Å². The van der Waals surface area contributed by atoms with Crippen molar-refractivity contribution in [2.24, 2.45) is 0 Å². The fraction of sp³-hybridized carbons (Fsp3) is 0.478. The molecule has 1 heteroatoms. The largest absolute Gasteiger partial charge is 0.313 e. The van der Waals surface area contributed by atoms with E-state index < -0.39 is 0 Å². The zero-order valence-corrected chi connectivity index (χ0v) is 31.7. The second-order valence-corrected chi connectivity index (χ2v) is 17.0. The SMILES string of the molecule is CC(C)(C)c1ccc(C(C)(C)c2ccc(C(c3ccc(C(C)(C)c4ccc(C(C)(C)C)cc4)cc3)C3CCCN3)cc2)cc1.CCC. The third-order valence-corrected chi connectivity index (χ3v) is 10.4. The molecule has 0 radical (unpaired) electrons. The standard InChI is InChI=1S/C43H55N.C3H8/c1-40(2,3)32-21-25-36(26-22-32)42(7,8)34-17-13-30(14-18-34)39(38-12-11-29-44-38)31-15-19-35(20-16-31)43(9,10)37-27-23-33(24-28-37)41(4,5)6;1-3-2/h13-28,38-39,44H,11-12,29H2,1-10H3;3H2,1-2H3. The quantitative estimate of drug-likeness (QED) is 0.214. The van der Waals surface area contributed by atoms with Crippen molar-refractivity contribution in [1.82, 2.24) is 5.32 Å². The Morgan fingerprint density at radius 3 is 1.02 bits per heavy atom. The molecule has 1 fully saturated rings. The maximum atomic E-state index is 3.83. The molecule has 1 atom stereocenters. The summed E-state index contributed by atoms with van der Waals surface area (Å²) in [5.41, 5.74) is 11.2. The molecule has 0 spiro atoms. The molecule has 4 aromatic rings. The van der Waals surface area contributed by atoms with Gasteiger partial charge in [0, 0.05) is 22.8 Å². The molecule has 0 saturated carbocycles. The highest BCUT2D eigenvalue weighted by Gasteiger charge is 2.30. The van der Waals surface area contributed by atoms with E-state index in [9.17, 15) is 0 Å². The van der Waals surface area contributed by atoms with Gasteiger partial charge in [-0.15, -0.1) is 0 Å². The molecule has 5 rings (SSSR count). The summed E-state index contributed by atoms with van der Waals surface area (Å²) in [7, 11) is 0. The van der Waals surface area contributed by atoms with Crippen LogP contribution >= 0.6 is 0 Å². The van der Waals surface area contributed by atoms with Gasteiger partial charge in [-0.05, 0) is 74.7 Å². The molecular weight excluding hydrogens is 567 g/mol. The molecule has 0 bridgehead atoms. The lowest BCUT2D eigenvalue weighted by Gasteiger charge is -2.30. The maximum Gasteiger partial charge on any atom is 0.0243 e. The highest BCUT2D eigenvalue weighted by atomic mass is 14.9. The zero-order chi connectivity index (χ0) is 34.6. The van der Waals surface area contributed by atoms with Crippen molar-refractivity contribution in [1.29, 1.82) is 0 Å². The fourth-order valence-electron chi connectivity index (χ4n) is 6.97. The molecule has 4 aromatic carbocycles. The lowest BCUT2D eigenvalue weighted by Crippen LogP contribution is -2.30. The Morgan fingerprint density at radius 1 is 0.489 bits per heavy atom. The number of hydrogen-bond donors (Lipinski definition) is 1. The van der Waals surface area contributed by atoms with E-state index in [1.54, 1.807) is 0 Å².